The Morgan fingerprint density at radius 1 is 1.26 bits per heavy atom. The van der Waals surface area contributed by atoms with E-state index in [2.05, 4.69) is 5.32 Å². The van der Waals surface area contributed by atoms with Gasteiger partial charge in [0.2, 0.25) is 0 Å². The van der Waals surface area contributed by atoms with Crippen LogP contribution in [0.2, 0.25) is 5.02 Å². The van der Waals surface area contributed by atoms with Crippen molar-refractivity contribution in [1.82, 2.24) is 4.90 Å². The molecule has 3 rings (SSSR count). The number of nitrogens with zero attached hydrogens (tertiary/aromatic N) is 2. The molecule has 1 atom stereocenters. The lowest BCUT2D eigenvalue weighted by Gasteiger charge is -2.48. The first-order chi connectivity index (χ1) is 12.7. The number of anilines is 1. The number of carbonyl (C=O) groups is 1. The van der Waals surface area contributed by atoms with Crippen LogP contribution in [-0.2, 0) is 5.54 Å². The molecule has 2 aromatic carbocycles. The summed E-state index contributed by atoms with van der Waals surface area (Å²) >= 11 is 6.12. The van der Waals surface area contributed by atoms with Crippen LogP contribution in [-0.4, -0.2) is 23.7 Å². The molecule has 1 N–H and O–H groups in total. The van der Waals surface area contributed by atoms with Crippen molar-refractivity contribution in [3.63, 3.8) is 0 Å². The molecular weight excluding hydrogens is 379 g/mol. The van der Waals surface area contributed by atoms with E-state index in [0.29, 0.717) is 27.4 Å². The highest BCUT2D eigenvalue weighted by molar-refractivity contribution is 6.30. The second-order valence-corrected chi connectivity index (χ2v) is 6.66. The van der Waals surface area contributed by atoms with Gasteiger partial charge in [-0.2, -0.15) is 18.4 Å². The molecule has 1 aliphatic heterocycles. The Morgan fingerprint density at radius 3 is 2.63 bits per heavy atom. The number of rotatable bonds is 3. The number of alkyl halides is 3. The van der Waals surface area contributed by atoms with Gasteiger partial charge in [0, 0.05) is 16.3 Å². The van der Waals surface area contributed by atoms with Crippen molar-refractivity contribution in [2.24, 2.45) is 0 Å². The first-order valence-electron chi connectivity index (χ1n) is 8.17. The SMILES string of the molecule is CCC1(c2cccc(C#N)c2)c2cc(Cl)ccc2NC(=O)N1CC(F)(F)F. The van der Waals surface area contributed by atoms with E-state index in [9.17, 15) is 23.2 Å². The van der Waals surface area contributed by atoms with Crippen molar-refractivity contribution in [3.05, 3.63) is 64.2 Å². The molecule has 140 valence electrons. The van der Waals surface area contributed by atoms with Gasteiger partial charge in [0.1, 0.15) is 6.54 Å². The molecule has 0 saturated carbocycles. The molecule has 0 aliphatic carbocycles. The van der Waals surface area contributed by atoms with Crippen molar-refractivity contribution in [2.45, 2.75) is 25.1 Å². The second kappa shape index (κ2) is 6.78. The zero-order valence-corrected chi connectivity index (χ0v) is 15.0. The Morgan fingerprint density at radius 2 is 2.00 bits per heavy atom. The molecule has 1 unspecified atom stereocenters. The normalized spacial score (nSPS) is 19.3. The summed E-state index contributed by atoms with van der Waals surface area (Å²) in [6, 6.07) is 12.1. The number of hydrogen-bond donors (Lipinski definition) is 1. The summed E-state index contributed by atoms with van der Waals surface area (Å²) in [5.41, 5.74) is 0.155. The molecule has 0 saturated heterocycles. The van der Waals surface area contributed by atoms with Gasteiger partial charge in [0.25, 0.3) is 0 Å². The fraction of sp³-hybridized carbons (Fsp3) is 0.263. The van der Waals surface area contributed by atoms with Crippen LogP contribution in [0.4, 0.5) is 23.7 Å². The van der Waals surface area contributed by atoms with Crippen molar-refractivity contribution >= 4 is 23.3 Å². The monoisotopic (exact) mass is 393 g/mol. The molecule has 0 spiro atoms. The summed E-state index contributed by atoms with van der Waals surface area (Å²) in [5, 5.41) is 12.1. The largest absolute Gasteiger partial charge is 0.406 e. The van der Waals surface area contributed by atoms with Crippen LogP contribution in [0.15, 0.2) is 42.5 Å². The van der Waals surface area contributed by atoms with Crippen LogP contribution >= 0.6 is 11.6 Å². The summed E-state index contributed by atoms with van der Waals surface area (Å²) in [4.78, 5) is 13.4. The average Bonchev–Trinajstić information content (AvgIpc) is 2.62. The maximum absolute atomic E-state index is 13.3. The molecule has 1 heterocycles. The number of urea groups is 1. The quantitative estimate of drug-likeness (QED) is 0.771. The molecule has 27 heavy (non-hydrogen) atoms. The highest BCUT2D eigenvalue weighted by atomic mass is 35.5. The van der Waals surface area contributed by atoms with Gasteiger partial charge in [-0.25, -0.2) is 4.79 Å². The molecule has 0 aromatic heterocycles. The molecule has 2 amide bonds. The maximum atomic E-state index is 13.3. The van der Waals surface area contributed by atoms with Gasteiger partial charge in [-0.15, -0.1) is 0 Å². The fourth-order valence-corrected chi connectivity index (χ4v) is 3.77. The van der Waals surface area contributed by atoms with Gasteiger partial charge >= 0.3 is 12.2 Å². The summed E-state index contributed by atoms with van der Waals surface area (Å²) in [6.07, 6.45) is -4.43. The lowest BCUT2D eigenvalue weighted by molar-refractivity contribution is -0.148. The molecular formula is C19H15ClF3N3O. The van der Waals surface area contributed by atoms with Crippen LogP contribution in [0.5, 0.6) is 0 Å². The van der Waals surface area contributed by atoms with E-state index in [1.165, 1.54) is 6.07 Å². The number of fused-ring (bicyclic) bond motifs is 1. The van der Waals surface area contributed by atoms with Crippen LogP contribution in [0.25, 0.3) is 0 Å². The molecule has 0 bridgehead atoms. The van der Waals surface area contributed by atoms with E-state index in [4.69, 9.17) is 11.6 Å². The van der Waals surface area contributed by atoms with Crippen molar-refractivity contribution < 1.29 is 18.0 Å². The van der Waals surface area contributed by atoms with Gasteiger partial charge in [-0.3, -0.25) is 0 Å². The number of benzene rings is 2. The lowest BCUT2D eigenvalue weighted by atomic mass is 9.76. The Kier molecular flexibility index (Phi) is 4.79. The minimum absolute atomic E-state index is 0.165. The number of halogens is 4. The number of nitrogens with one attached hydrogen (secondary N) is 1. The number of nitriles is 1. The van der Waals surface area contributed by atoms with E-state index in [1.54, 1.807) is 43.3 Å². The third kappa shape index (κ3) is 3.33. The van der Waals surface area contributed by atoms with E-state index in [-0.39, 0.29) is 6.42 Å². The minimum Gasteiger partial charge on any atom is -0.307 e. The van der Waals surface area contributed by atoms with Crippen molar-refractivity contribution in [1.29, 1.82) is 5.26 Å². The highest BCUT2D eigenvalue weighted by Gasteiger charge is 2.50. The summed E-state index contributed by atoms with van der Waals surface area (Å²) in [6.45, 7) is 0.265. The Bertz CT molecular complexity index is 939. The predicted molar refractivity (Wildman–Crippen MR) is 95.5 cm³/mol. The average molecular weight is 394 g/mol. The van der Waals surface area contributed by atoms with Crippen molar-refractivity contribution in [2.75, 3.05) is 11.9 Å². The van der Waals surface area contributed by atoms with Crippen LogP contribution < -0.4 is 5.32 Å². The lowest BCUT2D eigenvalue weighted by Crippen LogP contribution is -2.57. The molecule has 4 nitrogen and oxygen atoms in total. The van der Waals surface area contributed by atoms with Gasteiger partial charge in [0.05, 0.1) is 17.2 Å². The maximum Gasteiger partial charge on any atom is 0.406 e. The number of carbonyl (C=O) groups excluding carboxylic acids is 1. The molecule has 0 radical (unpaired) electrons. The van der Waals surface area contributed by atoms with Crippen molar-refractivity contribution in [3.8, 4) is 6.07 Å². The zero-order valence-electron chi connectivity index (χ0n) is 14.3. The fourth-order valence-electron chi connectivity index (χ4n) is 3.60. The highest BCUT2D eigenvalue weighted by Crippen LogP contribution is 2.47. The van der Waals surface area contributed by atoms with Crippen LogP contribution in [0.1, 0.15) is 30.0 Å². The number of hydrogen-bond acceptors (Lipinski definition) is 2. The van der Waals surface area contributed by atoms with E-state index < -0.39 is 24.3 Å². The van der Waals surface area contributed by atoms with Gasteiger partial charge in [0.15, 0.2) is 0 Å². The third-order valence-electron chi connectivity index (χ3n) is 4.69. The summed E-state index contributed by atoms with van der Waals surface area (Å²) in [7, 11) is 0. The summed E-state index contributed by atoms with van der Waals surface area (Å²) in [5.74, 6) is 0. The van der Waals surface area contributed by atoms with E-state index in [1.807, 2.05) is 6.07 Å². The standard InChI is InChI=1S/C19H15ClF3N3O/c1-2-18(13-5-3-4-12(8-13)10-24)15-9-14(20)6-7-16(15)25-17(27)26(18)11-19(21,22)23/h3-9H,2,11H2,1H3,(H,25,27). The molecule has 0 fully saturated rings. The van der Waals surface area contributed by atoms with Gasteiger partial charge in [-0.05, 0) is 42.3 Å². The van der Waals surface area contributed by atoms with Gasteiger partial charge < -0.3 is 10.2 Å². The first-order valence-corrected chi connectivity index (χ1v) is 8.55. The summed E-state index contributed by atoms with van der Waals surface area (Å²) < 4.78 is 39.9. The predicted octanol–water partition coefficient (Wildman–Crippen LogP) is 5.28. The Labute approximate surface area is 159 Å². The van der Waals surface area contributed by atoms with E-state index >= 15 is 0 Å². The van der Waals surface area contributed by atoms with E-state index in [0.717, 1.165) is 4.90 Å². The second-order valence-electron chi connectivity index (χ2n) is 6.23. The first kappa shape index (κ1) is 19.1. The van der Waals surface area contributed by atoms with Crippen LogP contribution in [0.3, 0.4) is 0 Å². The molecule has 2 aromatic rings. The topological polar surface area (TPSA) is 56.1 Å². The smallest absolute Gasteiger partial charge is 0.307 e. The van der Waals surface area contributed by atoms with Gasteiger partial charge in [-0.1, -0.05) is 30.7 Å². The molecule has 8 heteroatoms. The Balaban J connectivity index is 2.34. The Hall–Kier alpha value is -2.72. The minimum atomic E-state index is -4.60. The third-order valence-corrected chi connectivity index (χ3v) is 4.93. The molecule has 1 aliphatic rings. The van der Waals surface area contributed by atoms with Crippen LogP contribution in [0, 0.1) is 11.3 Å². The number of amides is 2. The zero-order chi connectivity index (χ0) is 19.8.